The molecule has 7 nitrogen and oxygen atoms in total. The highest BCUT2D eigenvalue weighted by atomic mass is 16.5. The third kappa shape index (κ3) is 4.47. The first-order chi connectivity index (χ1) is 16.6. The Morgan fingerprint density at radius 2 is 1.74 bits per heavy atom. The Morgan fingerprint density at radius 3 is 2.50 bits per heavy atom. The van der Waals surface area contributed by atoms with E-state index >= 15 is 0 Å². The van der Waals surface area contributed by atoms with Crippen LogP contribution in [0.4, 0.5) is 5.69 Å². The predicted octanol–water partition coefficient (Wildman–Crippen LogP) is 4.01. The van der Waals surface area contributed by atoms with Gasteiger partial charge in [0, 0.05) is 24.6 Å². The van der Waals surface area contributed by atoms with E-state index in [9.17, 15) is 9.90 Å². The number of hydrogen-bond donors (Lipinski definition) is 1. The number of aliphatic hydroxyl groups is 1. The second kappa shape index (κ2) is 9.57. The molecule has 0 spiro atoms. The smallest absolute Gasteiger partial charge is 0.227 e. The van der Waals surface area contributed by atoms with Gasteiger partial charge in [-0.1, -0.05) is 30.3 Å². The van der Waals surface area contributed by atoms with Crippen molar-refractivity contribution in [2.75, 3.05) is 25.2 Å². The number of nitrogens with zero attached hydrogens (tertiary/aromatic N) is 3. The minimum absolute atomic E-state index is 0.0572. The molecule has 1 amide bonds. The van der Waals surface area contributed by atoms with E-state index in [0.29, 0.717) is 25.3 Å². The summed E-state index contributed by atoms with van der Waals surface area (Å²) >= 11 is 0. The van der Waals surface area contributed by atoms with Gasteiger partial charge in [0.2, 0.25) is 5.91 Å². The first kappa shape index (κ1) is 22.0. The van der Waals surface area contributed by atoms with E-state index in [1.165, 1.54) is 0 Å². The fourth-order valence-electron chi connectivity index (χ4n) is 4.46. The van der Waals surface area contributed by atoms with Crippen molar-refractivity contribution in [3.63, 3.8) is 0 Å². The van der Waals surface area contributed by atoms with Crippen molar-refractivity contribution < 1.29 is 19.4 Å². The molecule has 1 aromatic heterocycles. The maximum atomic E-state index is 12.9. The van der Waals surface area contributed by atoms with Gasteiger partial charge in [-0.2, -0.15) is 0 Å². The number of hydrogen-bond acceptors (Lipinski definition) is 5. The van der Waals surface area contributed by atoms with Crippen LogP contribution in [-0.2, 0) is 11.3 Å². The zero-order valence-electron chi connectivity index (χ0n) is 19.0. The molecular formula is C27H27N3O4. The van der Waals surface area contributed by atoms with Crippen LogP contribution in [0.3, 0.4) is 0 Å². The molecule has 7 heteroatoms. The highest BCUT2D eigenvalue weighted by molar-refractivity contribution is 5.96. The van der Waals surface area contributed by atoms with Crippen molar-refractivity contribution in [2.24, 2.45) is 0 Å². The van der Waals surface area contributed by atoms with E-state index in [4.69, 9.17) is 14.5 Å². The van der Waals surface area contributed by atoms with Crippen LogP contribution in [0, 0.1) is 0 Å². The molecule has 0 aliphatic carbocycles. The van der Waals surface area contributed by atoms with E-state index < -0.39 is 6.10 Å². The van der Waals surface area contributed by atoms with Crippen molar-refractivity contribution in [1.82, 2.24) is 9.55 Å². The number of aromatic nitrogens is 2. The Kier molecular flexibility index (Phi) is 6.18. The largest absolute Gasteiger partial charge is 0.497 e. The highest BCUT2D eigenvalue weighted by Crippen LogP contribution is 2.34. The summed E-state index contributed by atoms with van der Waals surface area (Å²) in [6.45, 7) is 1.03. The summed E-state index contributed by atoms with van der Waals surface area (Å²) in [5.41, 5.74) is 2.63. The Morgan fingerprint density at radius 1 is 1.00 bits per heavy atom. The van der Waals surface area contributed by atoms with Crippen molar-refractivity contribution in [3.8, 4) is 11.5 Å². The van der Waals surface area contributed by atoms with E-state index in [1.807, 2.05) is 83.4 Å². The summed E-state index contributed by atoms with van der Waals surface area (Å²) in [7, 11) is 1.62. The molecule has 174 valence electrons. The van der Waals surface area contributed by atoms with Gasteiger partial charge in [0.25, 0.3) is 0 Å². The van der Waals surface area contributed by atoms with Gasteiger partial charge in [0.1, 0.15) is 30.0 Å². The molecule has 1 aliphatic heterocycles. The minimum Gasteiger partial charge on any atom is -0.497 e. The fraction of sp³-hybridized carbons (Fsp3) is 0.259. The quantitative estimate of drug-likeness (QED) is 0.433. The number of anilines is 1. The number of benzene rings is 3. The number of aliphatic hydroxyl groups excluding tert-OH is 1. The van der Waals surface area contributed by atoms with Crippen LogP contribution in [0.25, 0.3) is 11.0 Å². The molecule has 4 aromatic rings. The minimum atomic E-state index is -0.730. The van der Waals surface area contributed by atoms with Gasteiger partial charge in [-0.05, 0) is 48.5 Å². The van der Waals surface area contributed by atoms with Gasteiger partial charge in [-0.25, -0.2) is 4.98 Å². The van der Waals surface area contributed by atoms with Crippen LogP contribution < -0.4 is 14.4 Å². The molecule has 2 atom stereocenters. The van der Waals surface area contributed by atoms with Crippen molar-refractivity contribution in [3.05, 3.63) is 84.7 Å². The van der Waals surface area contributed by atoms with E-state index in [-0.39, 0.29) is 18.4 Å². The second-order valence-electron chi connectivity index (χ2n) is 8.45. The third-order valence-electron chi connectivity index (χ3n) is 6.14. The van der Waals surface area contributed by atoms with Crippen LogP contribution in [0.5, 0.6) is 11.5 Å². The van der Waals surface area contributed by atoms with Gasteiger partial charge in [-0.15, -0.1) is 0 Å². The molecular weight excluding hydrogens is 430 g/mol. The van der Waals surface area contributed by atoms with Crippen LogP contribution in [0.15, 0.2) is 78.9 Å². The summed E-state index contributed by atoms with van der Waals surface area (Å²) in [6.07, 6.45) is -0.363. The van der Waals surface area contributed by atoms with Gasteiger partial charge in [0.15, 0.2) is 0 Å². The monoisotopic (exact) mass is 457 g/mol. The number of carbonyl (C=O) groups excluding carboxylic acids is 1. The van der Waals surface area contributed by atoms with Crippen molar-refractivity contribution in [1.29, 1.82) is 0 Å². The number of rotatable bonds is 8. The zero-order chi connectivity index (χ0) is 23.5. The van der Waals surface area contributed by atoms with Crippen molar-refractivity contribution >= 4 is 22.6 Å². The van der Waals surface area contributed by atoms with Gasteiger partial charge in [0.05, 0.1) is 24.7 Å². The summed E-state index contributed by atoms with van der Waals surface area (Å²) in [6, 6.07) is 24.8. The molecule has 0 bridgehead atoms. The molecule has 0 radical (unpaired) electrons. The average Bonchev–Trinajstić information content (AvgIpc) is 3.44. The number of ether oxygens (including phenoxy) is 2. The number of para-hydroxylation sites is 3. The number of fused-ring (bicyclic) bond motifs is 1. The number of methoxy groups -OCH3 is 1. The molecule has 1 aliphatic rings. The lowest BCUT2D eigenvalue weighted by Crippen LogP contribution is -2.26. The summed E-state index contributed by atoms with van der Waals surface area (Å²) in [5, 5.41) is 10.8. The zero-order valence-corrected chi connectivity index (χ0v) is 19.0. The molecule has 2 heterocycles. The molecule has 34 heavy (non-hydrogen) atoms. The lowest BCUT2D eigenvalue weighted by Gasteiger charge is -2.19. The van der Waals surface area contributed by atoms with Crippen molar-refractivity contribution in [2.45, 2.75) is 25.0 Å². The van der Waals surface area contributed by atoms with Crippen LogP contribution >= 0.6 is 0 Å². The summed E-state index contributed by atoms with van der Waals surface area (Å²) in [4.78, 5) is 19.6. The molecule has 1 fully saturated rings. The standard InChI is InChI=1S/C27H27N3O4/c1-33-22-13-11-20(12-14-22)29-16-19(15-26(29)32)27-28-24-9-5-6-10-25(24)30(27)17-21(31)18-34-23-7-3-2-4-8-23/h2-14,19,21,31H,15-18H2,1H3/t19-,21-/m0/s1. The Bertz CT molecular complexity index is 1270. The Hall–Kier alpha value is -3.84. The first-order valence-electron chi connectivity index (χ1n) is 11.4. The van der Waals surface area contributed by atoms with Crippen LogP contribution in [0.1, 0.15) is 18.2 Å². The molecule has 1 N–H and O–H groups in total. The Balaban J connectivity index is 1.37. The SMILES string of the molecule is COc1ccc(N2C[C@@H](c3nc4ccccc4n3C[C@H](O)COc3ccccc3)CC2=O)cc1. The molecule has 1 saturated heterocycles. The van der Waals surface area contributed by atoms with Gasteiger partial charge in [-0.3, -0.25) is 4.79 Å². The Labute approximate surface area is 198 Å². The molecule has 3 aromatic carbocycles. The first-order valence-corrected chi connectivity index (χ1v) is 11.4. The summed E-state index contributed by atoms with van der Waals surface area (Å²) in [5.74, 6) is 2.25. The van der Waals surface area contributed by atoms with E-state index in [0.717, 1.165) is 28.3 Å². The van der Waals surface area contributed by atoms with Gasteiger partial charge < -0.3 is 24.0 Å². The lowest BCUT2D eigenvalue weighted by atomic mass is 10.1. The lowest BCUT2D eigenvalue weighted by molar-refractivity contribution is -0.117. The number of imidazole rings is 1. The maximum absolute atomic E-state index is 12.9. The summed E-state index contributed by atoms with van der Waals surface area (Å²) < 4.78 is 13.0. The van der Waals surface area contributed by atoms with Crippen LogP contribution in [-0.4, -0.2) is 46.9 Å². The fourth-order valence-corrected chi connectivity index (χ4v) is 4.46. The topological polar surface area (TPSA) is 76.8 Å². The van der Waals surface area contributed by atoms with E-state index in [1.54, 1.807) is 12.0 Å². The van der Waals surface area contributed by atoms with Crippen LogP contribution in [0.2, 0.25) is 0 Å². The molecule has 5 rings (SSSR count). The number of amides is 1. The average molecular weight is 458 g/mol. The molecule has 0 unspecified atom stereocenters. The predicted molar refractivity (Wildman–Crippen MR) is 130 cm³/mol. The third-order valence-corrected chi connectivity index (χ3v) is 6.14. The van der Waals surface area contributed by atoms with Gasteiger partial charge >= 0.3 is 0 Å². The molecule has 0 saturated carbocycles. The maximum Gasteiger partial charge on any atom is 0.227 e. The second-order valence-corrected chi connectivity index (χ2v) is 8.45. The number of carbonyl (C=O) groups is 1. The normalized spacial score (nSPS) is 16.7. The highest BCUT2D eigenvalue weighted by Gasteiger charge is 2.35. The van der Waals surface area contributed by atoms with E-state index in [2.05, 4.69) is 0 Å².